The molecule has 4 nitrogen and oxygen atoms in total. The van der Waals surface area contributed by atoms with Crippen molar-refractivity contribution in [2.75, 3.05) is 11.4 Å². The van der Waals surface area contributed by atoms with E-state index in [0.29, 0.717) is 5.92 Å². The van der Waals surface area contributed by atoms with Crippen LogP contribution < -0.4 is 16.1 Å². The number of hydrazone groups is 1. The van der Waals surface area contributed by atoms with Crippen LogP contribution in [0, 0.1) is 6.92 Å². The molecule has 1 heterocycles. The number of hydrogen-bond donors (Lipinski definition) is 2. The summed E-state index contributed by atoms with van der Waals surface area (Å²) in [4.78, 5) is 2.50. The summed E-state index contributed by atoms with van der Waals surface area (Å²) in [5.41, 5.74) is 13.2. The van der Waals surface area contributed by atoms with Crippen LogP contribution in [-0.2, 0) is 0 Å². The summed E-state index contributed by atoms with van der Waals surface area (Å²) in [6.07, 6.45) is 2.94. The van der Waals surface area contributed by atoms with Gasteiger partial charge in [0.2, 0.25) is 0 Å². The zero-order chi connectivity index (χ0) is 16.5. The first-order valence-corrected chi connectivity index (χ1v) is 8.17. The van der Waals surface area contributed by atoms with Gasteiger partial charge in [0.15, 0.2) is 5.11 Å². The molecule has 1 aromatic rings. The highest BCUT2D eigenvalue weighted by Gasteiger charge is 2.35. The van der Waals surface area contributed by atoms with Gasteiger partial charge in [-0.25, -0.2) is 0 Å². The van der Waals surface area contributed by atoms with E-state index in [4.69, 9.17) is 18.0 Å². The third kappa shape index (κ3) is 3.24. The van der Waals surface area contributed by atoms with Crippen molar-refractivity contribution in [1.29, 1.82) is 0 Å². The second-order valence-electron chi connectivity index (χ2n) is 6.66. The maximum Gasteiger partial charge on any atom is 0.184 e. The average Bonchev–Trinajstić information content (AvgIpc) is 2.39. The quantitative estimate of drug-likeness (QED) is 0.510. The molecule has 120 valence electrons. The molecule has 2 rings (SSSR count). The van der Waals surface area contributed by atoms with Crippen molar-refractivity contribution < 1.29 is 0 Å². The molecule has 1 aliphatic heterocycles. The Bertz CT molecular complexity index is 607. The predicted octanol–water partition coefficient (Wildman–Crippen LogP) is 3.27. The number of nitrogens with one attached hydrogen (secondary N) is 1. The maximum atomic E-state index is 5.39. The summed E-state index contributed by atoms with van der Waals surface area (Å²) >= 11 is 4.76. The van der Waals surface area contributed by atoms with Crippen molar-refractivity contribution >= 4 is 29.2 Å². The van der Waals surface area contributed by atoms with Crippen molar-refractivity contribution in [2.24, 2.45) is 10.8 Å². The van der Waals surface area contributed by atoms with Gasteiger partial charge in [0.25, 0.3) is 0 Å². The zero-order valence-electron chi connectivity index (χ0n) is 14.1. The Morgan fingerprint density at radius 1 is 1.55 bits per heavy atom. The third-order valence-corrected chi connectivity index (χ3v) is 4.56. The lowest BCUT2D eigenvalue weighted by molar-refractivity contribution is 0.381. The number of nitrogens with zero attached hydrogens (tertiary/aromatic N) is 2. The van der Waals surface area contributed by atoms with Gasteiger partial charge in [-0.1, -0.05) is 6.92 Å². The van der Waals surface area contributed by atoms with E-state index >= 15 is 0 Å². The standard InChI is InChI=1S/C17H26N4S/c1-6-21-15-7-11(2)13(10-19-20-16(18)22)8-14(15)12(3)9-17(21,4)5/h7-8,10,12H,6,9H2,1-5H3,(H3,18,20,22)/b19-10+. The molecule has 0 radical (unpaired) electrons. The van der Waals surface area contributed by atoms with Crippen LogP contribution in [0.25, 0.3) is 0 Å². The van der Waals surface area contributed by atoms with E-state index in [1.807, 2.05) is 0 Å². The Balaban J connectivity index is 2.44. The molecule has 1 atom stereocenters. The number of nitrogens with two attached hydrogens (primary N) is 1. The van der Waals surface area contributed by atoms with Crippen LogP contribution in [0.5, 0.6) is 0 Å². The summed E-state index contributed by atoms with van der Waals surface area (Å²) in [6, 6.07) is 4.52. The van der Waals surface area contributed by atoms with Gasteiger partial charge in [0.05, 0.1) is 6.21 Å². The Morgan fingerprint density at radius 2 is 2.23 bits per heavy atom. The minimum absolute atomic E-state index is 0.180. The molecule has 22 heavy (non-hydrogen) atoms. The molecule has 0 aromatic heterocycles. The first-order valence-electron chi connectivity index (χ1n) is 7.77. The van der Waals surface area contributed by atoms with Crippen LogP contribution in [0.1, 0.15) is 56.7 Å². The lowest BCUT2D eigenvalue weighted by Crippen LogP contribution is -2.48. The maximum absolute atomic E-state index is 5.39. The molecule has 0 spiro atoms. The number of aryl methyl sites for hydroxylation is 1. The zero-order valence-corrected chi connectivity index (χ0v) is 14.9. The Labute approximate surface area is 138 Å². The van der Waals surface area contributed by atoms with E-state index in [1.165, 1.54) is 16.8 Å². The van der Waals surface area contributed by atoms with E-state index in [2.05, 4.69) is 62.2 Å². The number of fused-ring (bicyclic) bond motifs is 1. The van der Waals surface area contributed by atoms with Gasteiger partial charge in [0.1, 0.15) is 0 Å². The molecule has 1 unspecified atom stereocenters. The van der Waals surface area contributed by atoms with Crippen LogP contribution in [0.3, 0.4) is 0 Å². The number of benzene rings is 1. The van der Waals surface area contributed by atoms with Crippen LogP contribution in [0.2, 0.25) is 0 Å². The lowest BCUT2D eigenvalue weighted by Gasteiger charge is -2.47. The smallest absolute Gasteiger partial charge is 0.184 e. The fraction of sp³-hybridized carbons (Fsp3) is 0.529. The van der Waals surface area contributed by atoms with E-state index in [-0.39, 0.29) is 10.7 Å². The van der Waals surface area contributed by atoms with Crippen molar-refractivity contribution in [2.45, 2.75) is 52.5 Å². The summed E-state index contributed by atoms with van der Waals surface area (Å²) < 4.78 is 0. The molecule has 0 bridgehead atoms. The highest BCUT2D eigenvalue weighted by molar-refractivity contribution is 7.80. The lowest BCUT2D eigenvalue weighted by atomic mass is 9.79. The number of thiocarbonyl (C=S) groups is 1. The van der Waals surface area contributed by atoms with Gasteiger partial charge >= 0.3 is 0 Å². The molecule has 0 fully saturated rings. The SMILES string of the molecule is CCN1c2cc(C)c(/C=N/NC(N)=S)cc2C(C)CC1(C)C. The number of rotatable bonds is 3. The van der Waals surface area contributed by atoms with E-state index in [0.717, 1.165) is 18.5 Å². The molecule has 0 aliphatic carbocycles. The van der Waals surface area contributed by atoms with Crippen LogP contribution in [-0.4, -0.2) is 23.4 Å². The van der Waals surface area contributed by atoms with Crippen LogP contribution in [0.4, 0.5) is 5.69 Å². The highest BCUT2D eigenvalue weighted by atomic mass is 32.1. The first kappa shape index (κ1) is 16.7. The van der Waals surface area contributed by atoms with Crippen LogP contribution in [0.15, 0.2) is 17.2 Å². The van der Waals surface area contributed by atoms with Gasteiger partial charge in [-0.2, -0.15) is 5.10 Å². The van der Waals surface area contributed by atoms with Gasteiger partial charge < -0.3 is 10.6 Å². The molecule has 0 saturated carbocycles. The molecule has 3 N–H and O–H groups in total. The van der Waals surface area contributed by atoms with Crippen molar-refractivity contribution in [3.8, 4) is 0 Å². The predicted molar refractivity (Wildman–Crippen MR) is 98.8 cm³/mol. The van der Waals surface area contributed by atoms with Gasteiger partial charge in [0, 0.05) is 17.8 Å². The minimum atomic E-state index is 0.180. The van der Waals surface area contributed by atoms with E-state index in [9.17, 15) is 0 Å². The summed E-state index contributed by atoms with van der Waals surface area (Å²) in [5.74, 6) is 0.532. The Morgan fingerprint density at radius 3 is 2.82 bits per heavy atom. The summed E-state index contributed by atoms with van der Waals surface area (Å²) in [6.45, 7) is 12.3. The van der Waals surface area contributed by atoms with E-state index in [1.54, 1.807) is 6.21 Å². The third-order valence-electron chi connectivity index (χ3n) is 4.47. The van der Waals surface area contributed by atoms with Gasteiger partial charge in [-0.3, -0.25) is 5.43 Å². The Hall–Kier alpha value is -1.62. The molecule has 1 aromatic carbocycles. The monoisotopic (exact) mass is 318 g/mol. The molecular weight excluding hydrogens is 292 g/mol. The summed E-state index contributed by atoms with van der Waals surface area (Å²) in [7, 11) is 0. The second kappa shape index (κ2) is 6.24. The number of hydrogen-bond acceptors (Lipinski definition) is 3. The highest BCUT2D eigenvalue weighted by Crippen LogP contribution is 2.43. The summed E-state index contributed by atoms with van der Waals surface area (Å²) in [5, 5.41) is 4.27. The van der Waals surface area contributed by atoms with E-state index < -0.39 is 0 Å². The van der Waals surface area contributed by atoms with Crippen molar-refractivity contribution in [1.82, 2.24) is 5.43 Å². The molecule has 5 heteroatoms. The second-order valence-corrected chi connectivity index (χ2v) is 7.10. The molecule has 0 amide bonds. The molecule has 1 aliphatic rings. The largest absolute Gasteiger partial charge is 0.375 e. The van der Waals surface area contributed by atoms with Crippen molar-refractivity contribution in [3.63, 3.8) is 0 Å². The topological polar surface area (TPSA) is 53.6 Å². The fourth-order valence-electron chi connectivity index (χ4n) is 3.55. The fourth-order valence-corrected chi connectivity index (χ4v) is 3.61. The van der Waals surface area contributed by atoms with Gasteiger partial charge in [-0.05, 0) is 81.1 Å². The average molecular weight is 318 g/mol. The normalized spacial score (nSPS) is 20.0. The molecular formula is C17H26N4S. The Kier molecular flexibility index (Phi) is 4.75. The van der Waals surface area contributed by atoms with Gasteiger partial charge in [-0.15, -0.1) is 0 Å². The van der Waals surface area contributed by atoms with Crippen molar-refractivity contribution in [3.05, 3.63) is 28.8 Å². The van der Waals surface area contributed by atoms with Crippen LogP contribution >= 0.6 is 12.2 Å². The first-order chi connectivity index (χ1) is 10.3. The molecule has 0 saturated heterocycles. The minimum Gasteiger partial charge on any atom is -0.375 e. The number of anilines is 1.